The minimum Gasteiger partial charge on any atom is -0.387 e. The van der Waals surface area contributed by atoms with E-state index in [0.29, 0.717) is 6.04 Å². The maximum atomic E-state index is 10.3. The maximum absolute atomic E-state index is 10.3. The van der Waals surface area contributed by atoms with Crippen LogP contribution in [0.2, 0.25) is 0 Å². The molecule has 1 aromatic rings. The molecule has 1 fully saturated rings. The van der Waals surface area contributed by atoms with Gasteiger partial charge in [-0.2, -0.15) is 0 Å². The molecule has 1 atom stereocenters. The maximum Gasteiger partial charge on any atom is 0.0955 e. The van der Waals surface area contributed by atoms with Crippen molar-refractivity contribution in [2.45, 2.75) is 89.7 Å². The van der Waals surface area contributed by atoms with Crippen molar-refractivity contribution in [3.05, 3.63) is 18.2 Å². The molecule has 1 saturated carbocycles. The summed E-state index contributed by atoms with van der Waals surface area (Å²) in [7, 11) is 0. The van der Waals surface area contributed by atoms with Crippen LogP contribution in [0.3, 0.4) is 0 Å². The molecule has 3 heteroatoms. The van der Waals surface area contributed by atoms with Crippen molar-refractivity contribution in [1.29, 1.82) is 0 Å². The molecule has 1 aliphatic carbocycles. The second-order valence-corrected chi connectivity index (χ2v) is 6.24. The minimum atomic E-state index is -0.321. The van der Waals surface area contributed by atoms with Crippen molar-refractivity contribution < 1.29 is 5.11 Å². The second kappa shape index (κ2) is 8.46. The smallest absolute Gasteiger partial charge is 0.0955 e. The lowest BCUT2D eigenvalue weighted by molar-refractivity contribution is 0.154. The standard InChI is InChI=1S/C17H30N2O/c1-2-3-4-5-6-7-8-9-10-17(20)16-13-18-14-19(16)15-11-12-15/h13-15,17,20H,2-12H2,1H3. The van der Waals surface area contributed by atoms with Crippen molar-refractivity contribution in [2.75, 3.05) is 0 Å². The van der Waals surface area contributed by atoms with Crippen molar-refractivity contribution in [3.63, 3.8) is 0 Å². The van der Waals surface area contributed by atoms with E-state index in [2.05, 4.69) is 16.5 Å². The highest BCUT2D eigenvalue weighted by Gasteiger charge is 2.27. The number of aliphatic hydroxyl groups is 1. The summed E-state index contributed by atoms with van der Waals surface area (Å²) < 4.78 is 2.18. The average molecular weight is 278 g/mol. The zero-order valence-corrected chi connectivity index (χ0v) is 12.9. The first kappa shape index (κ1) is 15.6. The Morgan fingerprint density at radius 2 is 1.80 bits per heavy atom. The summed E-state index contributed by atoms with van der Waals surface area (Å²) in [6, 6.07) is 0.612. The van der Waals surface area contributed by atoms with Gasteiger partial charge in [-0.1, -0.05) is 58.3 Å². The van der Waals surface area contributed by atoms with Gasteiger partial charge in [-0.15, -0.1) is 0 Å². The Hall–Kier alpha value is -0.830. The van der Waals surface area contributed by atoms with Gasteiger partial charge in [0.05, 0.1) is 24.3 Å². The number of rotatable bonds is 11. The summed E-state index contributed by atoms with van der Waals surface area (Å²) in [5.74, 6) is 0. The summed E-state index contributed by atoms with van der Waals surface area (Å²) in [6.45, 7) is 2.26. The normalized spacial score (nSPS) is 16.5. The van der Waals surface area contributed by atoms with Gasteiger partial charge in [0.15, 0.2) is 0 Å². The molecule has 20 heavy (non-hydrogen) atoms. The summed E-state index contributed by atoms with van der Waals surface area (Å²) in [6.07, 6.45) is 17.3. The fourth-order valence-electron chi connectivity index (χ4n) is 2.85. The number of aromatic nitrogens is 2. The molecule has 0 amide bonds. The van der Waals surface area contributed by atoms with E-state index in [4.69, 9.17) is 0 Å². The lowest BCUT2D eigenvalue weighted by atomic mass is 10.0. The van der Waals surface area contributed by atoms with Gasteiger partial charge in [0.25, 0.3) is 0 Å². The predicted molar refractivity (Wildman–Crippen MR) is 82.7 cm³/mol. The first-order valence-electron chi connectivity index (χ1n) is 8.52. The minimum absolute atomic E-state index is 0.321. The molecule has 0 radical (unpaired) electrons. The Morgan fingerprint density at radius 1 is 1.15 bits per heavy atom. The largest absolute Gasteiger partial charge is 0.387 e. The van der Waals surface area contributed by atoms with E-state index in [1.165, 1.54) is 57.8 Å². The van der Waals surface area contributed by atoms with Crippen LogP contribution in [0.25, 0.3) is 0 Å². The number of hydrogen-bond acceptors (Lipinski definition) is 2. The Balaban J connectivity index is 1.56. The third-order valence-corrected chi connectivity index (χ3v) is 4.31. The van der Waals surface area contributed by atoms with Gasteiger partial charge in [-0.3, -0.25) is 0 Å². The number of nitrogens with zero attached hydrogens (tertiary/aromatic N) is 2. The number of unbranched alkanes of at least 4 members (excludes halogenated alkanes) is 7. The molecule has 2 rings (SSSR count). The number of hydrogen-bond donors (Lipinski definition) is 1. The topological polar surface area (TPSA) is 38.1 Å². The SMILES string of the molecule is CCCCCCCCCCC(O)c1cncn1C1CC1. The molecule has 0 spiro atoms. The Bertz CT molecular complexity index is 371. The summed E-state index contributed by atoms with van der Waals surface area (Å²) in [5, 5.41) is 10.3. The quantitative estimate of drug-likeness (QED) is 0.591. The van der Waals surface area contributed by atoms with E-state index in [1.807, 2.05) is 12.5 Å². The van der Waals surface area contributed by atoms with Crippen LogP contribution in [0.15, 0.2) is 12.5 Å². The zero-order valence-electron chi connectivity index (χ0n) is 12.9. The molecule has 0 aliphatic heterocycles. The average Bonchev–Trinajstić information content (AvgIpc) is 3.18. The molecule has 0 aromatic carbocycles. The molecule has 0 bridgehead atoms. The fraction of sp³-hybridized carbons (Fsp3) is 0.824. The monoisotopic (exact) mass is 278 g/mol. The van der Waals surface area contributed by atoms with Crippen LogP contribution in [0.4, 0.5) is 0 Å². The van der Waals surface area contributed by atoms with E-state index in [9.17, 15) is 5.11 Å². The Labute approximate surface area is 123 Å². The van der Waals surface area contributed by atoms with Gasteiger partial charge in [0, 0.05) is 6.04 Å². The summed E-state index contributed by atoms with van der Waals surface area (Å²) in [5.41, 5.74) is 1.02. The highest BCUT2D eigenvalue weighted by Crippen LogP contribution is 2.37. The Morgan fingerprint density at radius 3 is 2.45 bits per heavy atom. The van der Waals surface area contributed by atoms with E-state index in [0.717, 1.165) is 18.5 Å². The van der Waals surface area contributed by atoms with Crippen molar-refractivity contribution in [3.8, 4) is 0 Å². The van der Waals surface area contributed by atoms with E-state index in [-0.39, 0.29) is 6.10 Å². The van der Waals surface area contributed by atoms with Gasteiger partial charge < -0.3 is 9.67 Å². The highest BCUT2D eigenvalue weighted by molar-refractivity contribution is 5.06. The van der Waals surface area contributed by atoms with Crippen LogP contribution >= 0.6 is 0 Å². The second-order valence-electron chi connectivity index (χ2n) is 6.24. The number of aliphatic hydroxyl groups excluding tert-OH is 1. The molecule has 1 heterocycles. The van der Waals surface area contributed by atoms with Gasteiger partial charge >= 0.3 is 0 Å². The van der Waals surface area contributed by atoms with Gasteiger partial charge in [0.2, 0.25) is 0 Å². The highest BCUT2D eigenvalue weighted by atomic mass is 16.3. The molecule has 0 saturated heterocycles. The zero-order chi connectivity index (χ0) is 14.2. The van der Waals surface area contributed by atoms with E-state index < -0.39 is 0 Å². The van der Waals surface area contributed by atoms with E-state index >= 15 is 0 Å². The molecule has 1 aromatic heterocycles. The van der Waals surface area contributed by atoms with Gasteiger partial charge in [0.1, 0.15) is 0 Å². The lowest BCUT2D eigenvalue weighted by Gasteiger charge is -2.13. The molecule has 1 N–H and O–H groups in total. The van der Waals surface area contributed by atoms with Crippen molar-refractivity contribution in [1.82, 2.24) is 9.55 Å². The lowest BCUT2D eigenvalue weighted by Crippen LogP contribution is -2.05. The first-order chi connectivity index (χ1) is 9.83. The summed E-state index contributed by atoms with van der Waals surface area (Å²) in [4.78, 5) is 4.19. The van der Waals surface area contributed by atoms with Crippen LogP contribution in [0, 0.1) is 0 Å². The Kier molecular flexibility index (Phi) is 6.58. The van der Waals surface area contributed by atoms with Crippen LogP contribution in [0.5, 0.6) is 0 Å². The van der Waals surface area contributed by atoms with Crippen LogP contribution in [-0.4, -0.2) is 14.7 Å². The third kappa shape index (κ3) is 4.93. The van der Waals surface area contributed by atoms with Crippen molar-refractivity contribution in [2.24, 2.45) is 0 Å². The first-order valence-corrected chi connectivity index (χ1v) is 8.52. The third-order valence-electron chi connectivity index (χ3n) is 4.31. The predicted octanol–water partition coefficient (Wildman–Crippen LogP) is 4.78. The molecule has 114 valence electrons. The van der Waals surface area contributed by atoms with Crippen LogP contribution in [0.1, 0.15) is 95.4 Å². The number of imidazole rings is 1. The van der Waals surface area contributed by atoms with E-state index in [1.54, 1.807) is 0 Å². The summed E-state index contributed by atoms with van der Waals surface area (Å²) >= 11 is 0. The molecular weight excluding hydrogens is 248 g/mol. The van der Waals surface area contributed by atoms with Crippen molar-refractivity contribution >= 4 is 0 Å². The fourth-order valence-corrected chi connectivity index (χ4v) is 2.85. The molecule has 1 unspecified atom stereocenters. The van der Waals surface area contributed by atoms with Gasteiger partial charge in [-0.25, -0.2) is 4.98 Å². The molecule has 3 nitrogen and oxygen atoms in total. The molecule has 1 aliphatic rings. The van der Waals surface area contributed by atoms with Gasteiger partial charge in [-0.05, 0) is 19.3 Å². The van der Waals surface area contributed by atoms with Crippen LogP contribution < -0.4 is 0 Å². The van der Waals surface area contributed by atoms with Crippen LogP contribution in [-0.2, 0) is 0 Å². The molecular formula is C17H30N2O.